The molecule has 0 aromatic carbocycles. The minimum absolute atomic E-state index is 0.287. The summed E-state index contributed by atoms with van der Waals surface area (Å²) in [5.41, 5.74) is -0.931. The van der Waals surface area contributed by atoms with Crippen LogP contribution in [-0.4, -0.2) is 70.5 Å². The number of carbonyl (C=O) groups excluding carboxylic acids is 4. The van der Waals surface area contributed by atoms with Crippen molar-refractivity contribution in [2.75, 3.05) is 6.61 Å². The van der Waals surface area contributed by atoms with Crippen LogP contribution in [0.4, 0.5) is 0 Å². The van der Waals surface area contributed by atoms with E-state index >= 15 is 0 Å². The van der Waals surface area contributed by atoms with Crippen molar-refractivity contribution in [1.82, 2.24) is 10.2 Å². The SMILES string of the molecule is CC(=O)OC[C@H]1O[C@@H](Sc2n[nH]c(=S)s2)[C@H](OC(C)=O)[C@@H](OC(C)=O)[C@@H]1OC(C)=O. The Morgan fingerprint density at radius 2 is 1.57 bits per heavy atom. The molecular formula is C16H20N2O9S3. The van der Waals surface area contributed by atoms with Gasteiger partial charge in [0, 0.05) is 27.7 Å². The molecule has 0 unspecified atom stereocenters. The highest BCUT2D eigenvalue weighted by atomic mass is 32.2. The number of carbonyl (C=O) groups is 4. The van der Waals surface area contributed by atoms with Gasteiger partial charge in [0.25, 0.3) is 0 Å². The number of thioether (sulfide) groups is 1. The highest BCUT2D eigenvalue weighted by Gasteiger charge is 2.52. The van der Waals surface area contributed by atoms with Gasteiger partial charge in [-0.25, -0.2) is 0 Å². The maximum Gasteiger partial charge on any atom is 0.303 e. The number of hydrogen-bond acceptors (Lipinski definition) is 13. The van der Waals surface area contributed by atoms with Gasteiger partial charge in [-0.1, -0.05) is 23.1 Å². The Kier molecular flexibility index (Phi) is 8.76. The third-order valence-electron chi connectivity index (χ3n) is 3.58. The van der Waals surface area contributed by atoms with Crippen molar-refractivity contribution in [1.29, 1.82) is 0 Å². The van der Waals surface area contributed by atoms with Crippen molar-refractivity contribution in [3.05, 3.63) is 3.95 Å². The van der Waals surface area contributed by atoms with E-state index in [1.807, 2.05) is 0 Å². The summed E-state index contributed by atoms with van der Waals surface area (Å²) in [5, 5.41) is 6.65. The highest BCUT2D eigenvalue weighted by molar-refractivity contribution is 8.01. The summed E-state index contributed by atoms with van der Waals surface area (Å²) in [4.78, 5) is 46.4. The van der Waals surface area contributed by atoms with Gasteiger partial charge in [0.1, 0.15) is 12.7 Å². The molecule has 5 atom stereocenters. The monoisotopic (exact) mass is 480 g/mol. The van der Waals surface area contributed by atoms with Gasteiger partial charge in [-0.15, -0.1) is 0 Å². The number of hydrogen-bond donors (Lipinski definition) is 1. The number of H-pyrrole nitrogens is 1. The molecule has 0 saturated carbocycles. The molecule has 0 aliphatic carbocycles. The largest absolute Gasteiger partial charge is 0.463 e. The van der Waals surface area contributed by atoms with Crippen LogP contribution in [0.15, 0.2) is 4.34 Å². The lowest BCUT2D eigenvalue weighted by atomic mass is 9.99. The van der Waals surface area contributed by atoms with Gasteiger partial charge < -0.3 is 23.7 Å². The third-order valence-corrected chi connectivity index (χ3v) is 5.91. The van der Waals surface area contributed by atoms with Crippen molar-refractivity contribution in [2.24, 2.45) is 0 Å². The van der Waals surface area contributed by atoms with Gasteiger partial charge in [0.15, 0.2) is 32.0 Å². The lowest BCUT2D eigenvalue weighted by Gasteiger charge is -2.43. The second kappa shape index (κ2) is 10.8. The first-order chi connectivity index (χ1) is 14.1. The standard InChI is InChI=1S/C16H20N2O9S3/c1-6(19)23-5-10-11(24-7(2)20)12(25-8(3)21)13(26-9(4)22)14(27-10)29-16-18-17-15(28)30-16/h10-14H,5H2,1-4H3,(H,17,28)/t10-,11-,12+,13-,14+/m1/s1. The summed E-state index contributed by atoms with van der Waals surface area (Å²) in [5.74, 6) is -2.63. The first-order valence-corrected chi connectivity index (χ1v) is 10.7. The Labute approximate surface area is 184 Å². The van der Waals surface area contributed by atoms with Crippen LogP contribution in [-0.2, 0) is 42.9 Å². The topological polar surface area (TPSA) is 143 Å². The molecular weight excluding hydrogens is 460 g/mol. The van der Waals surface area contributed by atoms with E-state index < -0.39 is 53.7 Å². The predicted octanol–water partition coefficient (Wildman–Crippen LogP) is 1.38. The van der Waals surface area contributed by atoms with Crippen molar-refractivity contribution in [3.63, 3.8) is 0 Å². The van der Waals surface area contributed by atoms with E-state index in [2.05, 4.69) is 10.2 Å². The zero-order valence-electron chi connectivity index (χ0n) is 16.4. The van der Waals surface area contributed by atoms with Crippen molar-refractivity contribution in [2.45, 2.75) is 61.9 Å². The van der Waals surface area contributed by atoms with Crippen molar-refractivity contribution < 1.29 is 42.9 Å². The maximum absolute atomic E-state index is 11.8. The molecule has 1 aliphatic rings. The van der Waals surface area contributed by atoms with Gasteiger partial charge in [-0.05, 0) is 12.2 Å². The zero-order chi connectivity index (χ0) is 22.4. The summed E-state index contributed by atoms with van der Waals surface area (Å²) in [7, 11) is 0. The van der Waals surface area contributed by atoms with E-state index in [-0.39, 0.29) is 6.61 Å². The number of aromatic nitrogens is 2. The Balaban J connectivity index is 2.43. The number of nitrogens with one attached hydrogen (secondary N) is 1. The molecule has 1 N–H and O–H groups in total. The molecule has 14 heteroatoms. The van der Waals surface area contributed by atoms with E-state index in [4.69, 9.17) is 35.9 Å². The van der Waals surface area contributed by atoms with Gasteiger partial charge in [-0.3, -0.25) is 24.3 Å². The number of rotatable bonds is 7. The Bertz CT molecular complexity index is 855. The molecule has 11 nitrogen and oxygen atoms in total. The summed E-state index contributed by atoms with van der Waals surface area (Å²) in [6.07, 6.45) is -4.55. The lowest BCUT2D eigenvalue weighted by Crippen LogP contribution is -2.61. The fourth-order valence-electron chi connectivity index (χ4n) is 2.65. The van der Waals surface area contributed by atoms with Gasteiger partial charge in [0.2, 0.25) is 0 Å². The molecule has 1 aromatic heterocycles. The second-order valence-electron chi connectivity index (χ2n) is 6.06. The fourth-order valence-corrected chi connectivity index (χ4v) is 5.00. The molecule has 2 heterocycles. The van der Waals surface area contributed by atoms with Gasteiger partial charge in [0.05, 0.1) is 0 Å². The Morgan fingerprint density at radius 1 is 1.00 bits per heavy atom. The number of aromatic amines is 1. The Morgan fingerprint density at radius 3 is 2.07 bits per heavy atom. The summed E-state index contributed by atoms with van der Waals surface area (Å²) >= 11 is 7.24. The molecule has 1 saturated heterocycles. The normalized spacial score (nSPS) is 25.8. The van der Waals surface area contributed by atoms with E-state index in [0.717, 1.165) is 36.9 Å². The van der Waals surface area contributed by atoms with Crippen molar-refractivity contribution >= 4 is 59.2 Å². The molecule has 1 fully saturated rings. The molecule has 1 aromatic rings. The molecule has 0 spiro atoms. The van der Waals surface area contributed by atoms with E-state index in [1.165, 1.54) is 13.8 Å². The molecule has 2 rings (SSSR count). The van der Waals surface area contributed by atoms with Gasteiger partial charge in [-0.2, -0.15) is 5.10 Å². The first kappa shape index (κ1) is 24.2. The third kappa shape index (κ3) is 7.04. The van der Waals surface area contributed by atoms with Crippen LogP contribution >= 0.6 is 35.3 Å². The van der Waals surface area contributed by atoms with E-state index in [0.29, 0.717) is 8.29 Å². The van der Waals surface area contributed by atoms with Crippen LogP contribution < -0.4 is 0 Å². The smallest absolute Gasteiger partial charge is 0.303 e. The minimum Gasteiger partial charge on any atom is -0.463 e. The summed E-state index contributed by atoms with van der Waals surface area (Å²) in [6.45, 7) is 4.42. The van der Waals surface area contributed by atoms with Crippen molar-refractivity contribution in [3.8, 4) is 0 Å². The van der Waals surface area contributed by atoms with Gasteiger partial charge >= 0.3 is 23.9 Å². The average Bonchev–Trinajstić information content (AvgIpc) is 3.02. The molecule has 1 aliphatic heterocycles. The number of nitrogens with zero attached hydrogens (tertiary/aromatic N) is 1. The van der Waals surface area contributed by atoms with Crippen LogP contribution in [0.1, 0.15) is 27.7 Å². The van der Waals surface area contributed by atoms with Crippen LogP contribution in [0.25, 0.3) is 0 Å². The average molecular weight is 481 g/mol. The first-order valence-electron chi connectivity index (χ1n) is 8.59. The van der Waals surface area contributed by atoms with E-state index in [9.17, 15) is 19.2 Å². The highest BCUT2D eigenvalue weighted by Crippen LogP contribution is 2.38. The summed E-state index contributed by atoms with van der Waals surface area (Å²) < 4.78 is 27.9. The predicted molar refractivity (Wildman–Crippen MR) is 105 cm³/mol. The second-order valence-corrected chi connectivity index (χ2v) is 9.08. The van der Waals surface area contributed by atoms with Crippen LogP contribution in [0.2, 0.25) is 0 Å². The fraction of sp³-hybridized carbons (Fsp3) is 0.625. The zero-order valence-corrected chi connectivity index (χ0v) is 18.9. The summed E-state index contributed by atoms with van der Waals surface area (Å²) in [6, 6.07) is 0. The minimum atomic E-state index is -1.21. The molecule has 30 heavy (non-hydrogen) atoms. The molecule has 0 bridgehead atoms. The number of esters is 4. The maximum atomic E-state index is 11.8. The molecule has 0 amide bonds. The Hall–Kier alpha value is -2.03. The van der Waals surface area contributed by atoms with Crippen LogP contribution in [0, 0.1) is 3.95 Å². The van der Waals surface area contributed by atoms with Crippen LogP contribution in [0.5, 0.6) is 0 Å². The van der Waals surface area contributed by atoms with Crippen LogP contribution in [0.3, 0.4) is 0 Å². The van der Waals surface area contributed by atoms with E-state index in [1.54, 1.807) is 0 Å². The quantitative estimate of drug-likeness (QED) is 0.342. The molecule has 0 radical (unpaired) electrons. The number of ether oxygens (including phenoxy) is 5. The lowest BCUT2D eigenvalue weighted by molar-refractivity contribution is -0.237. The molecule has 166 valence electrons.